The van der Waals surface area contributed by atoms with Crippen molar-refractivity contribution >= 4 is 5.91 Å². The van der Waals surface area contributed by atoms with E-state index < -0.39 is 5.91 Å². The first-order chi connectivity index (χ1) is 4.20. The molecule has 0 aromatic rings. The average Bonchev–Trinajstić information content (AvgIpc) is 2.14. The molecule has 50 valence electrons. The Labute approximate surface area is 52.9 Å². The molecular formula is C5H8N2O2. The zero-order valence-electron chi connectivity index (χ0n) is 5.13. The molecule has 0 fully saturated rings. The molecule has 1 aliphatic rings. The first-order valence-corrected chi connectivity index (χ1v) is 2.55. The summed E-state index contributed by atoms with van der Waals surface area (Å²) in [5, 5.41) is 0. The SMILES string of the molecule is CN1C=C(C(N)=O)OC1. The average molecular weight is 128 g/mol. The number of hydrogen-bond acceptors (Lipinski definition) is 3. The monoisotopic (exact) mass is 128 g/mol. The highest BCUT2D eigenvalue weighted by molar-refractivity contribution is 5.89. The Kier molecular flexibility index (Phi) is 1.30. The van der Waals surface area contributed by atoms with Gasteiger partial charge in [0.2, 0.25) is 5.76 Å². The molecule has 0 unspecified atom stereocenters. The highest BCUT2D eigenvalue weighted by Gasteiger charge is 2.13. The topological polar surface area (TPSA) is 55.6 Å². The van der Waals surface area contributed by atoms with E-state index in [4.69, 9.17) is 10.5 Å². The van der Waals surface area contributed by atoms with Crippen molar-refractivity contribution in [3.8, 4) is 0 Å². The molecular weight excluding hydrogens is 120 g/mol. The van der Waals surface area contributed by atoms with Crippen LogP contribution in [0.4, 0.5) is 0 Å². The summed E-state index contributed by atoms with van der Waals surface area (Å²) in [6.45, 7) is 0.415. The number of hydrogen-bond donors (Lipinski definition) is 1. The summed E-state index contributed by atoms with van der Waals surface area (Å²) in [5.74, 6) is -0.281. The van der Waals surface area contributed by atoms with E-state index >= 15 is 0 Å². The number of ether oxygens (including phenoxy) is 1. The third-order valence-corrected chi connectivity index (χ3v) is 1.00. The normalized spacial score (nSPS) is 17.0. The van der Waals surface area contributed by atoms with Gasteiger partial charge >= 0.3 is 0 Å². The van der Waals surface area contributed by atoms with Gasteiger partial charge in [0.05, 0.1) is 6.20 Å². The molecule has 1 aliphatic heterocycles. The minimum atomic E-state index is -0.514. The van der Waals surface area contributed by atoms with Crippen LogP contribution in [-0.2, 0) is 9.53 Å². The number of carbonyl (C=O) groups excluding carboxylic acids is 1. The van der Waals surface area contributed by atoms with E-state index in [0.29, 0.717) is 6.73 Å². The summed E-state index contributed by atoms with van der Waals surface area (Å²) < 4.78 is 4.84. The Morgan fingerprint density at radius 1 is 2.00 bits per heavy atom. The Bertz CT molecular complexity index is 164. The second-order valence-electron chi connectivity index (χ2n) is 1.89. The minimum absolute atomic E-state index is 0.234. The largest absolute Gasteiger partial charge is 0.466 e. The lowest BCUT2D eigenvalue weighted by Gasteiger charge is -2.01. The Morgan fingerprint density at radius 3 is 2.89 bits per heavy atom. The molecule has 0 saturated heterocycles. The molecule has 0 aromatic heterocycles. The number of carbonyl (C=O) groups is 1. The molecule has 0 radical (unpaired) electrons. The van der Waals surface area contributed by atoms with Gasteiger partial charge in [-0.3, -0.25) is 4.79 Å². The highest BCUT2D eigenvalue weighted by atomic mass is 16.5. The molecule has 0 saturated carbocycles. The summed E-state index contributed by atoms with van der Waals surface area (Å²) in [7, 11) is 1.80. The van der Waals surface area contributed by atoms with Crippen LogP contribution in [0.25, 0.3) is 0 Å². The van der Waals surface area contributed by atoms with Gasteiger partial charge in [-0.15, -0.1) is 0 Å². The summed E-state index contributed by atoms with van der Waals surface area (Å²) in [6, 6.07) is 0. The van der Waals surface area contributed by atoms with E-state index in [2.05, 4.69) is 0 Å². The van der Waals surface area contributed by atoms with Gasteiger partial charge in [0.25, 0.3) is 5.91 Å². The summed E-state index contributed by atoms with van der Waals surface area (Å²) in [6.07, 6.45) is 1.57. The lowest BCUT2D eigenvalue weighted by atomic mass is 10.5. The molecule has 2 N–H and O–H groups in total. The molecule has 0 atom stereocenters. The third-order valence-electron chi connectivity index (χ3n) is 1.00. The van der Waals surface area contributed by atoms with Crippen molar-refractivity contribution in [3.05, 3.63) is 12.0 Å². The van der Waals surface area contributed by atoms with Crippen LogP contribution < -0.4 is 5.73 Å². The van der Waals surface area contributed by atoms with Gasteiger partial charge in [0.1, 0.15) is 0 Å². The van der Waals surface area contributed by atoms with Crippen LogP contribution in [-0.4, -0.2) is 24.6 Å². The first-order valence-electron chi connectivity index (χ1n) is 2.55. The van der Waals surface area contributed by atoms with Crippen LogP contribution in [0.1, 0.15) is 0 Å². The van der Waals surface area contributed by atoms with Gasteiger partial charge < -0.3 is 15.4 Å². The van der Waals surface area contributed by atoms with Crippen LogP contribution in [0.5, 0.6) is 0 Å². The quantitative estimate of drug-likeness (QED) is 0.504. The van der Waals surface area contributed by atoms with E-state index in [1.807, 2.05) is 0 Å². The van der Waals surface area contributed by atoms with Crippen LogP contribution >= 0.6 is 0 Å². The van der Waals surface area contributed by atoms with Gasteiger partial charge in [0.15, 0.2) is 6.73 Å². The predicted octanol–water partition coefficient (Wildman–Crippen LogP) is -0.767. The molecule has 1 amide bonds. The smallest absolute Gasteiger partial charge is 0.285 e. The minimum Gasteiger partial charge on any atom is -0.466 e. The van der Waals surface area contributed by atoms with Gasteiger partial charge in [-0.1, -0.05) is 0 Å². The van der Waals surface area contributed by atoms with E-state index in [0.717, 1.165) is 0 Å². The van der Waals surface area contributed by atoms with Crippen molar-refractivity contribution in [1.29, 1.82) is 0 Å². The first kappa shape index (κ1) is 5.94. The number of rotatable bonds is 1. The van der Waals surface area contributed by atoms with E-state index in [1.54, 1.807) is 18.1 Å². The fourth-order valence-corrected chi connectivity index (χ4v) is 0.581. The van der Waals surface area contributed by atoms with E-state index in [9.17, 15) is 4.79 Å². The standard InChI is InChI=1S/C5H8N2O2/c1-7-2-4(5(6)8)9-3-7/h2H,3H2,1H3,(H2,6,8). The van der Waals surface area contributed by atoms with Gasteiger partial charge in [0, 0.05) is 7.05 Å². The maximum absolute atomic E-state index is 10.3. The fourth-order valence-electron chi connectivity index (χ4n) is 0.581. The predicted molar refractivity (Wildman–Crippen MR) is 31.0 cm³/mol. The highest BCUT2D eigenvalue weighted by Crippen LogP contribution is 2.06. The zero-order chi connectivity index (χ0) is 6.85. The van der Waals surface area contributed by atoms with Crippen LogP contribution in [0.2, 0.25) is 0 Å². The van der Waals surface area contributed by atoms with Crippen LogP contribution in [0, 0.1) is 0 Å². The van der Waals surface area contributed by atoms with Crippen molar-refractivity contribution in [1.82, 2.24) is 4.90 Å². The molecule has 4 nitrogen and oxygen atoms in total. The van der Waals surface area contributed by atoms with Crippen molar-refractivity contribution in [2.45, 2.75) is 0 Å². The van der Waals surface area contributed by atoms with Gasteiger partial charge in [-0.05, 0) is 0 Å². The molecule has 0 aliphatic carbocycles. The lowest BCUT2D eigenvalue weighted by molar-refractivity contribution is -0.117. The fraction of sp³-hybridized carbons (Fsp3) is 0.400. The molecule has 1 rings (SSSR count). The molecule has 0 spiro atoms. The second-order valence-corrected chi connectivity index (χ2v) is 1.89. The van der Waals surface area contributed by atoms with Crippen molar-refractivity contribution in [2.75, 3.05) is 13.8 Å². The van der Waals surface area contributed by atoms with E-state index in [-0.39, 0.29) is 5.76 Å². The van der Waals surface area contributed by atoms with Crippen molar-refractivity contribution < 1.29 is 9.53 Å². The maximum atomic E-state index is 10.3. The summed E-state index contributed by atoms with van der Waals surface area (Å²) in [4.78, 5) is 12.1. The maximum Gasteiger partial charge on any atom is 0.285 e. The van der Waals surface area contributed by atoms with Crippen molar-refractivity contribution in [3.63, 3.8) is 0 Å². The number of amides is 1. The number of nitrogens with zero attached hydrogens (tertiary/aromatic N) is 1. The molecule has 0 bridgehead atoms. The zero-order valence-corrected chi connectivity index (χ0v) is 5.13. The van der Waals surface area contributed by atoms with E-state index in [1.165, 1.54) is 0 Å². The van der Waals surface area contributed by atoms with Crippen LogP contribution in [0.15, 0.2) is 12.0 Å². The summed E-state index contributed by atoms with van der Waals surface area (Å²) >= 11 is 0. The molecule has 1 heterocycles. The van der Waals surface area contributed by atoms with Gasteiger partial charge in [-0.25, -0.2) is 0 Å². The van der Waals surface area contributed by atoms with Crippen LogP contribution in [0.3, 0.4) is 0 Å². The van der Waals surface area contributed by atoms with Gasteiger partial charge in [-0.2, -0.15) is 0 Å². The Balaban J connectivity index is 2.62. The summed E-state index contributed by atoms with van der Waals surface area (Å²) in [5.41, 5.74) is 4.90. The Morgan fingerprint density at radius 2 is 2.67 bits per heavy atom. The third kappa shape index (κ3) is 1.13. The van der Waals surface area contributed by atoms with Crippen molar-refractivity contribution in [2.24, 2.45) is 5.73 Å². The second kappa shape index (κ2) is 1.97. The molecule has 0 aromatic carbocycles. The molecule has 4 heteroatoms. The number of nitrogens with two attached hydrogens (primary N) is 1. The number of primary amides is 1. The lowest BCUT2D eigenvalue weighted by Crippen LogP contribution is -2.13. The Hall–Kier alpha value is -1.19. The molecule has 9 heavy (non-hydrogen) atoms.